The lowest BCUT2D eigenvalue weighted by molar-refractivity contribution is 0.0697. The number of halogens is 2. The Morgan fingerprint density at radius 3 is 2.52 bits per heavy atom. The van der Waals surface area contributed by atoms with Crippen molar-refractivity contribution in [1.29, 1.82) is 0 Å². The maximum atomic E-state index is 10.9. The first-order valence-corrected chi connectivity index (χ1v) is 9.34. The molecule has 0 unspecified atom stereocenters. The van der Waals surface area contributed by atoms with Gasteiger partial charge in [-0.2, -0.15) is 0 Å². The molecule has 3 aromatic carbocycles. The zero-order valence-electron chi connectivity index (χ0n) is 15.4. The highest BCUT2D eigenvalue weighted by atomic mass is 35.5. The number of benzene rings is 3. The van der Waals surface area contributed by atoms with Crippen LogP contribution < -0.4 is 9.47 Å². The number of hydrogen-bond acceptors (Lipinski definition) is 4. The topological polar surface area (TPSA) is 68.1 Å². The van der Waals surface area contributed by atoms with E-state index in [2.05, 4.69) is 4.99 Å². The second-order valence-corrected chi connectivity index (χ2v) is 6.82. The van der Waals surface area contributed by atoms with Gasteiger partial charge in [0.1, 0.15) is 6.61 Å². The first kappa shape index (κ1) is 20.7. The molecule has 1 N–H and O–H groups in total. The third-order valence-corrected chi connectivity index (χ3v) is 4.88. The molecule has 0 spiro atoms. The fourth-order valence-corrected chi connectivity index (χ4v) is 2.87. The van der Waals surface area contributed by atoms with Crippen molar-refractivity contribution < 1.29 is 19.4 Å². The van der Waals surface area contributed by atoms with Crippen LogP contribution in [-0.2, 0) is 6.61 Å². The smallest absolute Gasteiger partial charge is 0.335 e. The quantitative estimate of drug-likeness (QED) is 0.465. The summed E-state index contributed by atoms with van der Waals surface area (Å²) in [6.45, 7) is 0.280. The molecular formula is C22H17Cl2NO4. The van der Waals surface area contributed by atoms with Crippen molar-refractivity contribution >= 4 is 41.1 Å². The Kier molecular flexibility index (Phi) is 6.75. The van der Waals surface area contributed by atoms with E-state index in [1.165, 1.54) is 0 Å². The standard InChI is InChI=1S/C22H17Cl2NO4/c1-28-20-11-15(12-25-18-4-2-3-17(23)21(18)24)7-10-19(20)29-13-14-5-8-16(9-6-14)22(26)27/h2-12H,13H2,1H3,(H,26,27). The summed E-state index contributed by atoms with van der Waals surface area (Å²) in [6.07, 6.45) is 1.66. The van der Waals surface area contributed by atoms with Gasteiger partial charge in [0.05, 0.1) is 28.4 Å². The minimum absolute atomic E-state index is 0.231. The van der Waals surface area contributed by atoms with Crippen molar-refractivity contribution in [2.24, 2.45) is 4.99 Å². The largest absolute Gasteiger partial charge is 0.493 e. The maximum absolute atomic E-state index is 10.9. The molecule has 0 heterocycles. The van der Waals surface area contributed by atoms with Crippen molar-refractivity contribution in [2.45, 2.75) is 6.61 Å². The lowest BCUT2D eigenvalue weighted by Gasteiger charge is -2.11. The molecule has 0 bridgehead atoms. The van der Waals surface area contributed by atoms with Gasteiger partial charge in [-0.3, -0.25) is 4.99 Å². The van der Waals surface area contributed by atoms with E-state index < -0.39 is 5.97 Å². The molecule has 148 valence electrons. The monoisotopic (exact) mass is 429 g/mol. The summed E-state index contributed by atoms with van der Waals surface area (Å²) < 4.78 is 11.2. The van der Waals surface area contributed by atoms with Crippen LogP contribution in [0.4, 0.5) is 5.69 Å². The van der Waals surface area contributed by atoms with Crippen molar-refractivity contribution in [1.82, 2.24) is 0 Å². The number of methoxy groups -OCH3 is 1. The molecule has 0 aliphatic rings. The van der Waals surface area contributed by atoms with Gasteiger partial charge < -0.3 is 14.6 Å². The van der Waals surface area contributed by atoms with Gasteiger partial charge in [0.2, 0.25) is 0 Å². The Labute approximate surface area is 178 Å². The highest BCUT2D eigenvalue weighted by Gasteiger charge is 2.07. The molecule has 0 aliphatic carbocycles. The van der Waals surface area contributed by atoms with E-state index >= 15 is 0 Å². The Bertz CT molecular complexity index is 1050. The number of aliphatic imine (C=N–C) groups is 1. The van der Waals surface area contributed by atoms with E-state index in [0.29, 0.717) is 27.2 Å². The molecule has 0 aromatic heterocycles. The summed E-state index contributed by atoms with van der Waals surface area (Å²) >= 11 is 12.1. The second kappa shape index (κ2) is 9.45. The minimum atomic E-state index is -0.963. The van der Waals surface area contributed by atoms with Gasteiger partial charge in [0.15, 0.2) is 11.5 Å². The van der Waals surface area contributed by atoms with E-state index in [9.17, 15) is 4.79 Å². The molecular weight excluding hydrogens is 413 g/mol. The SMILES string of the molecule is COc1cc(C=Nc2cccc(Cl)c2Cl)ccc1OCc1ccc(C(=O)O)cc1. The van der Waals surface area contributed by atoms with Crippen LogP contribution in [-0.4, -0.2) is 24.4 Å². The average Bonchev–Trinajstić information content (AvgIpc) is 2.73. The molecule has 0 radical (unpaired) electrons. The number of nitrogens with zero attached hydrogens (tertiary/aromatic N) is 1. The third kappa shape index (κ3) is 5.28. The lowest BCUT2D eigenvalue weighted by Crippen LogP contribution is -2.00. The van der Waals surface area contributed by atoms with Gasteiger partial charge in [0.25, 0.3) is 0 Å². The second-order valence-electron chi connectivity index (χ2n) is 6.03. The molecule has 3 rings (SSSR count). The average molecular weight is 430 g/mol. The zero-order valence-corrected chi connectivity index (χ0v) is 16.9. The van der Waals surface area contributed by atoms with Crippen LogP contribution >= 0.6 is 23.2 Å². The number of carboxylic acid groups (broad SMARTS) is 1. The highest BCUT2D eigenvalue weighted by Crippen LogP contribution is 2.32. The van der Waals surface area contributed by atoms with Crippen LogP contribution in [0.25, 0.3) is 0 Å². The van der Waals surface area contributed by atoms with E-state index in [-0.39, 0.29) is 12.2 Å². The third-order valence-electron chi connectivity index (χ3n) is 4.07. The van der Waals surface area contributed by atoms with Crippen LogP contribution in [0.1, 0.15) is 21.5 Å². The summed E-state index contributed by atoms with van der Waals surface area (Å²) in [6, 6.07) is 17.2. The summed E-state index contributed by atoms with van der Waals surface area (Å²) in [5.74, 6) is 0.150. The number of carbonyl (C=O) groups is 1. The highest BCUT2D eigenvalue weighted by molar-refractivity contribution is 6.43. The Hall–Kier alpha value is -3.02. The first-order valence-electron chi connectivity index (χ1n) is 8.59. The van der Waals surface area contributed by atoms with Crippen molar-refractivity contribution in [3.8, 4) is 11.5 Å². The molecule has 29 heavy (non-hydrogen) atoms. The van der Waals surface area contributed by atoms with Gasteiger partial charge in [-0.05, 0) is 53.6 Å². The predicted octanol–water partition coefficient (Wildman–Crippen LogP) is 6.03. The van der Waals surface area contributed by atoms with Gasteiger partial charge in [-0.1, -0.05) is 41.4 Å². The molecule has 0 fully saturated rings. The molecule has 0 amide bonds. The fraction of sp³-hybridized carbons (Fsp3) is 0.0909. The minimum Gasteiger partial charge on any atom is -0.493 e. The number of hydrogen-bond donors (Lipinski definition) is 1. The normalized spacial score (nSPS) is 10.9. The maximum Gasteiger partial charge on any atom is 0.335 e. The number of rotatable bonds is 7. The van der Waals surface area contributed by atoms with Gasteiger partial charge in [-0.25, -0.2) is 4.79 Å². The van der Waals surface area contributed by atoms with Gasteiger partial charge >= 0.3 is 5.97 Å². The van der Waals surface area contributed by atoms with E-state index in [4.69, 9.17) is 37.8 Å². The van der Waals surface area contributed by atoms with Gasteiger partial charge in [0, 0.05) is 6.21 Å². The van der Waals surface area contributed by atoms with Crippen molar-refractivity contribution in [3.05, 3.63) is 87.4 Å². The van der Waals surface area contributed by atoms with Crippen molar-refractivity contribution in [3.63, 3.8) is 0 Å². The summed E-state index contributed by atoms with van der Waals surface area (Å²) in [5.41, 5.74) is 2.45. The predicted molar refractivity (Wildman–Crippen MR) is 114 cm³/mol. The summed E-state index contributed by atoms with van der Waals surface area (Å²) in [4.78, 5) is 15.3. The molecule has 7 heteroatoms. The van der Waals surface area contributed by atoms with E-state index in [1.807, 2.05) is 6.07 Å². The molecule has 3 aromatic rings. The Morgan fingerprint density at radius 2 is 1.83 bits per heavy atom. The summed E-state index contributed by atoms with van der Waals surface area (Å²) in [5, 5.41) is 9.79. The molecule has 0 aliphatic heterocycles. The van der Waals surface area contributed by atoms with Crippen molar-refractivity contribution in [2.75, 3.05) is 7.11 Å². The molecule has 5 nitrogen and oxygen atoms in total. The van der Waals surface area contributed by atoms with Crippen LogP contribution in [0.3, 0.4) is 0 Å². The van der Waals surface area contributed by atoms with E-state index in [0.717, 1.165) is 11.1 Å². The fourth-order valence-electron chi connectivity index (χ4n) is 2.52. The Balaban J connectivity index is 1.72. The lowest BCUT2D eigenvalue weighted by atomic mass is 10.1. The number of aromatic carboxylic acids is 1. The van der Waals surface area contributed by atoms with Crippen LogP contribution in [0, 0.1) is 0 Å². The van der Waals surface area contributed by atoms with Gasteiger partial charge in [-0.15, -0.1) is 0 Å². The number of carboxylic acids is 1. The number of ether oxygens (including phenoxy) is 2. The van der Waals surface area contributed by atoms with Crippen LogP contribution in [0.5, 0.6) is 11.5 Å². The molecule has 0 saturated carbocycles. The molecule has 0 atom stereocenters. The Morgan fingerprint density at radius 1 is 1.07 bits per heavy atom. The molecule has 0 saturated heterocycles. The van der Waals surface area contributed by atoms with E-state index in [1.54, 1.807) is 67.9 Å². The summed E-state index contributed by atoms with van der Waals surface area (Å²) in [7, 11) is 1.55. The zero-order chi connectivity index (χ0) is 20.8. The van der Waals surface area contributed by atoms with Crippen LogP contribution in [0.15, 0.2) is 65.7 Å². The van der Waals surface area contributed by atoms with Crippen LogP contribution in [0.2, 0.25) is 10.0 Å². The first-order chi connectivity index (χ1) is 14.0.